The minimum Gasteiger partial charge on any atom is -0.461 e. The molecule has 0 radical (unpaired) electrons. The van der Waals surface area contributed by atoms with Gasteiger partial charge < -0.3 is 23.7 Å². The molecule has 1 aromatic carbocycles. The molecule has 6 nitrogen and oxygen atoms in total. The molecule has 4 fully saturated rings. The number of aldehydes is 1. The first-order chi connectivity index (χ1) is 21.8. The molecule has 11 atom stereocenters. The predicted molar refractivity (Wildman–Crippen MR) is 179 cm³/mol. The molecule has 5 aliphatic rings. The molecular weight excluding hydrogens is 576 g/mol. The summed E-state index contributed by atoms with van der Waals surface area (Å²) in [6.45, 7) is 18.3. The van der Waals surface area contributed by atoms with Crippen molar-refractivity contribution in [2.45, 2.75) is 106 Å². The van der Waals surface area contributed by atoms with Crippen molar-refractivity contribution in [3.8, 4) is 0 Å². The molecule has 0 aromatic heterocycles. The Bertz CT molecular complexity index is 1320. The van der Waals surface area contributed by atoms with Crippen LogP contribution in [0.4, 0.5) is 0 Å². The Balaban J connectivity index is 1.41. The van der Waals surface area contributed by atoms with Gasteiger partial charge in [-0.2, -0.15) is 0 Å². The van der Waals surface area contributed by atoms with Crippen LogP contribution in [0.1, 0.15) is 92.6 Å². The molecule has 2 bridgehead atoms. The van der Waals surface area contributed by atoms with E-state index < -0.39 is 0 Å². The van der Waals surface area contributed by atoms with Crippen LogP contribution in [0, 0.1) is 56.7 Å². The first-order valence-electron chi connectivity index (χ1n) is 17.9. The molecule has 254 valence electrons. The highest BCUT2D eigenvalue weighted by atomic mass is 16.5. The highest BCUT2D eigenvalue weighted by Gasteiger charge is 2.71. The summed E-state index contributed by atoms with van der Waals surface area (Å²) in [6.07, 6.45) is 9.11. The van der Waals surface area contributed by atoms with E-state index in [9.17, 15) is 9.59 Å². The smallest absolute Gasteiger partial charge is 0.310 e. The van der Waals surface area contributed by atoms with E-state index in [1.54, 1.807) is 12.7 Å². The summed E-state index contributed by atoms with van der Waals surface area (Å²) in [5.74, 6) is 1.36. The number of rotatable bonds is 9. The average Bonchev–Trinajstić information content (AvgIpc) is 3.03. The van der Waals surface area contributed by atoms with Gasteiger partial charge in [-0.15, -0.1) is 0 Å². The van der Waals surface area contributed by atoms with Gasteiger partial charge in [-0.1, -0.05) is 90.4 Å². The number of benzene rings is 1. The lowest BCUT2D eigenvalue weighted by atomic mass is 9.34. The van der Waals surface area contributed by atoms with E-state index in [4.69, 9.17) is 18.9 Å². The van der Waals surface area contributed by atoms with Crippen molar-refractivity contribution in [2.75, 3.05) is 26.9 Å². The maximum atomic E-state index is 14.6. The molecule has 1 aliphatic heterocycles. The average molecular weight is 635 g/mol. The lowest BCUT2D eigenvalue weighted by Crippen LogP contribution is -2.70. The SMILES string of the molecule is CO[C@@H]1C[C@@]23COC[C@@](C)([C@@H]2CC[C@H]2C3=CC[C@@]3(C)[C@H](C(=O)OCc4ccccc4)[C@@](C)([C@H](C)C(C)C)CC[C@]23C)[C@H]1OCC=O. The molecular formula is C40H58O6. The van der Waals surface area contributed by atoms with Crippen LogP contribution in [-0.4, -0.2) is 51.4 Å². The van der Waals surface area contributed by atoms with E-state index in [1.807, 2.05) is 30.3 Å². The number of carbonyl (C=O) groups is 2. The fraction of sp³-hybridized carbons (Fsp3) is 0.750. The van der Waals surface area contributed by atoms with E-state index in [-0.39, 0.29) is 57.8 Å². The molecule has 1 heterocycles. The van der Waals surface area contributed by atoms with Crippen molar-refractivity contribution in [2.24, 2.45) is 56.7 Å². The Labute approximate surface area is 277 Å². The molecule has 6 rings (SSSR count). The number of ether oxygens (including phenoxy) is 4. The summed E-state index contributed by atoms with van der Waals surface area (Å²) >= 11 is 0. The fourth-order valence-corrected chi connectivity index (χ4v) is 12.0. The van der Waals surface area contributed by atoms with Crippen LogP contribution in [0.2, 0.25) is 0 Å². The second-order valence-electron chi connectivity index (χ2n) is 17.0. The van der Waals surface area contributed by atoms with Crippen LogP contribution in [0.3, 0.4) is 0 Å². The molecule has 46 heavy (non-hydrogen) atoms. The minimum absolute atomic E-state index is 0.0307. The Hall–Kier alpha value is -2.02. The minimum atomic E-state index is -0.252. The normalized spacial score (nSPS) is 43.8. The topological polar surface area (TPSA) is 71.1 Å². The summed E-state index contributed by atoms with van der Waals surface area (Å²) in [7, 11) is 1.79. The van der Waals surface area contributed by atoms with Crippen molar-refractivity contribution in [3.63, 3.8) is 0 Å². The van der Waals surface area contributed by atoms with Gasteiger partial charge in [0, 0.05) is 17.9 Å². The number of allylic oxidation sites excluding steroid dienone is 1. The number of carbonyl (C=O) groups excluding carboxylic acids is 2. The number of hydrogen-bond donors (Lipinski definition) is 0. The highest BCUT2D eigenvalue weighted by molar-refractivity contribution is 5.75. The zero-order valence-corrected chi connectivity index (χ0v) is 29.6. The van der Waals surface area contributed by atoms with Crippen molar-refractivity contribution in [3.05, 3.63) is 47.5 Å². The Kier molecular flexibility index (Phi) is 8.94. The van der Waals surface area contributed by atoms with Crippen LogP contribution in [0.25, 0.3) is 0 Å². The van der Waals surface area contributed by atoms with Gasteiger partial charge in [0.1, 0.15) is 19.5 Å². The number of esters is 1. The fourth-order valence-electron chi connectivity index (χ4n) is 12.0. The molecule has 6 heteroatoms. The van der Waals surface area contributed by atoms with Gasteiger partial charge in [0.2, 0.25) is 0 Å². The Morgan fingerprint density at radius 1 is 1.02 bits per heavy atom. The molecule has 3 saturated carbocycles. The van der Waals surface area contributed by atoms with E-state index in [0.29, 0.717) is 43.5 Å². The standard InChI is InChI=1S/C40H58O6/c1-26(2)27(3)36(4)18-19-38(6)29-14-15-32-37(5)24-44-25-40(32,22-31(43-8)34(37)45-21-20-41)30(29)16-17-39(38,7)33(36)35(42)46-23-28-12-10-9-11-13-28/h9-13,16,20,26-27,29,31-34H,14-15,17-19,21-25H2,1-8H3/t27-,29+,31-,32+,33-,34+,36-,37+,38-,39+,40+/m1/s1. The summed E-state index contributed by atoms with van der Waals surface area (Å²) in [6, 6.07) is 10.1. The molecule has 0 unspecified atom stereocenters. The lowest BCUT2D eigenvalue weighted by Gasteiger charge is -2.71. The maximum Gasteiger partial charge on any atom is 0.310 e. The van der Waals surface area contributed by atoms with Crippen LogP contribution in [-0.2, 0) is 35.1 Å². The van der Waals surface area contributed by atoms with Crippen LogP contribution in [0.15, 0.2) is 42.0 Å². The van der Waals surface area contributed by atoms with Gasteiger partial charge in [0.05, 0.1) is 31.3 Å². The quantitative estimate of drug-likeness (QED) is 0.157. The highest BCUT2D eigenvalue weighted by Crippen LogP contribution is 2.75. The van der Waals surface area contributed by atoms with Crippen molar-refractivity contribution in [1.29, 1.82) is 0 Å². The van der Waals surface area contributed by atoms with Crippen LogP contribution < -0.4 is 0 Å². The van der Waals surface area contributed by atoms with Gasteiger partial charge >= 0.3 is 5.97 Å². The predicted octanol–water partition coefficient (Wildman–Crippen LogP) is 7.83. The third-order valence-electron chi connectivity index (χ3n) is 14.9. The van der Waals surface area contributed by atoms with Gasteiger partial charge in [-0.05, 0) is 84.0 Å². The Morgan fingerprint density at radius 3 is 2.43 bits per heavy atom. The van der Waals surface area contributed by atoms with Crippen molar-refractivity contribution >= 4 is 12.3 Å². The first kappa shape index (κ1) is 33.9. The largest absolute Gasteiger partial charge is 0.461 e. The van der Waals surface area contributed by atoms with E-state index in [2.05, 4.69) is 54.5 Å². The van der Waals surface area contributed by atoms with E-state index in [0.717, 1.165) is 50.4 Å². The van der Waals surface area contributed by atoms with E-state index in [1.165, 1.54) is 0 Å². The number of fused-ring (bicyclic) bond motifs is 3. The number of hydrogen-bond acceptors (Lipinski definition) is 6. The van der Waals surface area contributed by atoms with Crippen molar-refractivity contribution < 1.29 is 28.5 Å². The second-order valence-corrected chi connectivity index (χ2v) is 17.0. The van der Waals surface area contributed by atoms with Crippen LogP contribution in [0.5, 0.6) is 0 Å². The second kappa shape index (κ2) is 12.1. The summed E-state index contributed by atoms with van der Waals surface area (Å²) in [4.78, 5) is 26.0. The molecule has 0 amide bonds. The van der Waals surface area contributed by atoms with Gasteiger partial charge in [0.15, 0.2) is 0 Å². The van der Waals surface area contributed by atoms with Gasteiger partial charge in [-0.3, -0.25) is 4.79 Å². The van der Waals surface area contributed by atoms with Crippen molar-refractivity contribution in [1.82, 2.24) is 0 Å². The zero-order chi connectivity index (χ0) is 33.1. The van der Waals surface area contributed by atoms with E-state index >= 15 is 0 Å². The monoisotopic (exact) mass is 634 g/mol. The molecule has 4 aliphatic carbocycles. The summed E-state index contributed by atoms with van der Waals surface area (Å²) in [5.41, 5.74) is 1.72. The molecule has 1 aromatic rings. The summed E-state index contributed by atoms with van der Waals surface area (Å²) in [5, 5.41) is 0. The summed E-state index contributed by atoms with van der Waals surface area (Å²) < 4.78 is 25.2. The molecule has 0 N–H and O–H groups in total. The third-order valence-corrected chi connectivity index (χ3v) is 14.9. The maximum absolute atomic E-state index is 14.6. The van der Waals surface area contributed by atoms with Gasteiger partial charge in [0.25, 0.3) is 0 Å². The van der Waals surface area contributed by atoms with Crippen LogP contribution >= 0.6 is 0 Å². The lowest BCUT2D eigenvalue weighted by molar-refractivity contribution is -0.265. The molecule has 1 saturated heterocycles. The first-order valence-corrected chi connectivity index (χ1v) is 17.9. The Morgan fingerprint density at radius 2 is 1.76 bits per heavy atom. The number of methoxy groups -OCH3 is 1. The van der Waals surface area contributed by atoms with Gasteiger partial charge in [-0.25, -0.2) is 0 Å². The third kappa shape index (κ3) is 4.82. The zero-order valence-electron chi connectivity index (χ0n) is 29.6. The molecule has 0 spiro atoms.